The largest absolute Gasteiger partial charge is 0.462 e. The summed E-state index contributed by atoms with van der Waals surface area (Å²) in [6.45, 7) is 6.31. The number of carbonyl (C=O) groups is 2. The minimum Gasteiger partial charge on any atom is -0.462 e. The molecule has 0 heterocycles. The predicted molar refractivity (Wildman–Crippen MR) is 92.2 cm³/mol. The Morgan fingerprint density at radius 2 is 1.92 bits per heavy atom. The summed E-state index contributed by atoms with van der Waals surface area (Å²) in [5.41, 5.74) is 0.349. The van der Waals surface area contributed by atoms with Gasteiger partial charge >= 0.3 is 5.97 Å². The third-order valence-corrected chi connectivity index (χ3v) is 8.26. The van der Waals surface area contributed by atoms with Crippen LogP contribution in [0.1, 0.15) is 65.7 Å². The van der Waals surface area contributed by atoms with Crippen molar-refractivity contribution in [2.24, 2.45) is 34.5 Å². The van der Waals surface area contributed by atoms with Crippen molar-refractivity contribution in [1.82, 2.24) is 0 Å². The third kappa shape index (κ3) is 2.23. The van der Waals surface area contributed by atoms with Gasteiger partial charge in [0.1, 0.15) is 6.10 Å². The average molecular weight is 330 g/mol. The summed E-state index contributed by atoms with van der Waals surface area (Å²) in [7, 11) is 0. The molecule has 0 aromatic rings. The van der Waals surface area contributed by atoms with E-state index in [1.807, 2.05) is 6.08 Å². The summed E-state index contributed by atoms with van der Waals surface area (Å²) in [6.07, 6.45) is 12.0. The fourth-order valence-corrected chi connectivity index (χ4v) is 6.98. The molecule has 0 unspecified atom stereocenters. The zero-order valence-corrected chi connectivity index (χ0v) is 15.2. The van der Waals surface area contributed by atoms with Crippen molar-refractivity contribution in [3.05, 3.63) is 12.2 Å². The lowest BCUT2D eigenvalue weighted by Crippen LogP contribution is -2.53. The summed E-state index contributed by atoms with van der Waals surface area (Å²) >= 11 is 0. The number of carbonyl (C=O) groups excluding carboxylic acids is 2. The Bertz CT molecular complexity index is 594. The van der Waals surface area contributed by atoms with Gasteiger partial charge in [-0.2, -0.15) is 0 Å². The molecule has 3 nitrogen and oxygen atoms in total. The van der Waals surface area contributed by atoms with E-state index < -0.39 is 0 Å². The maximum Gasteiger partial charge on any atom is 0.302 e. The number of fused-ring (bicyclic) bond motifs is 5. The molecule has 4 aliphatic carbocycles. The molecule has 3 heteroatoms. The van der Waals surface area contributed by atoms with Crippen molar-refractivity contribution >= 4 is 11.8 Å². The Morgan fingerprint density at radius 1 is 1.12 bits per heavy atom. The second kappa shape index (κ2) is 5.44. The van der Waals surface area contributed by atoms with Crippen LogP contribution >= 0.6 is 0 Å². The molecule has 0 aromatic heterocycles. The van der Waals surface area contributed by atoms with Crippen LogP contribution in [0.25, 0.3) is 0 Å². The third-order valence-electron chi connectivity index (χ3n) is 8.26. The second-order valence-corrected chi connectivity index (χ2v) is 9.24. The van der Waals surface area contributed by atoms with Crippen LogP contribution in [0.4, 0.5) is 0 Å². The summed E-state index contributed by atoms with van der Waals surface area (Å²) in [6, 6.07) is 0. The van der Waals surface area contributed by atoms with Gasteiger partial charge in [0.05, 0.1) is 0 Å². The fraction of sp³-hybridized carbons (Fsp3) is 0.810. The zero-order chi connectivity index (χ0) is 17.1. The van der Waals surface area contributed by atoms with Gasteiger partial charge in [0.25, 0.3) is 0 Å². The van der Waals surface area contributed by atoms with Gasteiger partial charge in [0.15, 0.2) is 5.78 Å². The van der Waals surface area contributed by atoms with Gasteiger partial charge in [-0.05, 0) is 73.7 Å². The number of ether oxygens (including phenoxy) is 1. The second-order valence-electron chi connectivity index (χ2n) is 9.24. The van der Waals surface area contributed by atoms with Gasteiger partial charge in [-0.1, -0.05) is 19.9 Å². The van der Waals surface area contributed by atoms with E-state index in [0.29, 0.717) is 23.5 Å². The average Bonchev–Trinajstić information content (AvgIpc) is 2.84. The van der Waals surface area contributed by atoms with Crippen molar-refractivity contribution in [2.45, 2.75) is 71.8 Å². The molecule has 132 valence electrons. The first-order valence-corrected chi connectivity index (χ1v) is 9.74. The molecular weight excluding hydrogens is 300 g/mol. The highest BCUT2D eigenvalue weighted by Crippen LogP contribution is 2.65. The van der Waals surface area contributed by atoms with E-state index in [9.17, 15) is 9.59 Å². The first-order valence-electron chi connectivity index (χ1n) is 9.74. The number of allylic oxidation sites excluding steroid dienone is 2. The first kappa shape index (κ1) is 16.4. The fourth-order valence-electron chi connectivity index (χ4n) is 6.98. The number of hydrogen-bond acceptors (Lipinski definition) is 3. The molecule has 0 spiro atoms. The van der Waals surface area contributed by atoms with E-state index in [1.54, 1.807) is 6.92 Å². The van der Waals surface area contributed by atoms with Crippen molar-refractivity contribution in [1.29, 1.82) is 0 Å². The number of ketones is 1. The van der Waals surface area contributed by atoms with E-state index in [1.165, 1.54) is 25.7 Å². The highest BCUT2D eigenvalue weighted by molar-refractivity contribution is 5.91. The van der Waals surface area contributed by atoms with Crippen molar-refractivity contribution in [3.63, 3.8) is 0 Å². The zero-order valence-electron chi connectivity index (χ0n) is 15.2. The molecule has 0 N–H and O–H groups in total. The van der Waals surface area contributed by atoms with Crippen LogP contribution in [-0.2, 0) is 14.3 Å². The highest BCUT2D eigenvalue weighted by Gasteiger charge is 2.60. The number of esters is 1. The van der Waals surface area contributed by atoms with E-state index in [0.717, 1.165) is 25.2 Å². The van der Waals surface area contributed by atoms with Crippen molar-refractivity contribution < 1.29 is 14.3 Å². The van der Waals surface area contributed by atoms with Crippen LogP contribution in [0.2, 0.25) is 0 Å². The topological polar surface area (TPSA) is 43.4 Å². The Hall–Kier alpha value is -1.12. The molecule has 0 radical (unpaired) electrons. The monoisotopic (exact) mass is 330 g/mol. The predicted octanol–water partition coefficient (Wildman–Crippen LogP) is 4.31. The van der Waals surface area contributed by atoms with Crippen LogP contribution in [-0.4, -0.2) is 17.9 Å². The van der Waals surface area contributed by atoms with Crippen LogP contribution in [0.3, 0.4) is 0 Å². The molecule has 0 aliphatic heterocycles. The SMILES string of the molecule is CC(=O)O[C@@H]1CC[C@H]2[C@@H]3CC[C@H]4CC(=O)C=C[C@]4(C)[C@H]3CC[C@]12C. The Kier molecular flexibility index (Phi) is 3.71. The van der Waals surface area contributed by atoms with Gasteiger partial charge < -0.3 is 4.74 Å². The molecule has 4 rings (SSSR count). The normalized spacial score (nSPS) is 50.0. The van der Waals surface area contributed by atoms with Gasteiger partial charge in [0, 0.05) is 18.8 Å². The molecular formula is C21H30O3. The van der Waals surface area contributed by atoms with Gasteiger partial charge in [0.2, 0.25) is 0 Å². The molecule has 0 bridgehead atoms. The highest BCUT2D eigenvalue weighted by atomic mass is 16.5. The summed E-state index contributed by atoms with van der Waals surface area (Å²) in [5.74, 6) is 2.80. The molecule has 3 saturated carbocycles. The maximum atomic E-state index is 11.9. The van der Waals surface area contributed by atoms with Crippen LogP contribution in [0.5, 0.6) is 0 Å². The molecule has 7 atom stereocenters. The lowest BCUT2D eigenvalue weighted by Gasteiger charge is -2.58. The van der Waals surface area contributed by atoms with Crippen molar-refractivity contribution in [2.75, 3.05) is 0 Å². The van der Waals surface area contributed by atoms with Crippen LogP contribution in [0.15, 0.2) is 12.2 Å². The Morgan fingerprint density at radius 3 is 2.67 bits per heavy atom. The number of rotatable bonds is 1. The molecule has 24 heavy (non-hydrogen) atoms. The van der Waals surface area contributed by atoms with E-state index >= 15 is 0 Å². The van der Waals surface area contributed by atoms with E-state index in [2.05, 4.69) is 19.9 Å². The van der Waals surface area contributed by atoms with E-state index in [-0.39, 0.29) is 22.9 Å². The minimum absolute atomic E-state index is 0.106. The molecule has 0 aromatic carbocycles. The molecule has 0 amide bonds. The first-order chi connectivity index (χ1) is 11.3. The smallest absolute Gasteiger partial charge is 0.302 e. The lowest BCUT2D eigenvalue weighted by molar-refractivity contribution is -0.158. The van der Waals surface area contributed by atoms with Crippen LogP contribution in [0, 0.1) is 34.5 Å². The Balaban J connectivity index is 1.62. The van der Waals surface area contributed by atoms with Gasteiger partial charge in [-0.25, -0.2) is 0 Å². The summed E-state index contributed by atoms with van der Waals surface area (Å²) in [5, 5.41) is 0. The summed E-state index contributed by atoms with van der Waals surface area (Å²) in [4.78, 5) is 23.4. The molecule has 0 saturated heterocycles. The number of hydrogen-bond donors (Lipinski definition) is 0. The quantitative estimate of drug-likeness (QED) is 0.673. The van der Waals surface area contributed by atoms with Gasteiger partial charge in [-0.3, -0.25) is 9.59 Å². The summed E-state index contributed by atoms with van der Waals surface area (Å²) < 4.78 is 5.71. The molecule has 4 aliphatic rings. The lowest BCUT2D eigenvalue weighted by atomic mass is 9.46. The Labute approximate surface area is 145 Å². The van der Waals surface area contributed by atoms with Crippen LogP contribution < -0.4 is 0 Å². The van der Waals surface area contributed by atoms with E-state index in [4.69, 9.17) is 4.74 Å². The molecule has 3 fully saturated rings. The van der Waals surface area contributed by atoms with Gasteiger partial charge in [-0.15, -0.1) is 0 Å². The van der Waals surface area contributed by atoms with Crippen molar-refractivity contribution in [3.8, 4) is 0 Å². The minimum atomic E-state index is -0.131. The standard InChI is InChI=1S/C21H30O3/c1-13(22)24-19-7-6-17-16-5-4-14-12-15(23)8-10-20(14,2)18(16)9-11-21(17,19)3/h8,10,14,16-19H,4-7,9,11-12H2,1-3H3/t14-,16-,17-,18-,19+,20-,21-/m0/s1. The maximum absolute atomic E-state index is 11.9.